The van der Waals surface area contributed by atoms with Crippen LogP contribution in [0, 0.1) is 11.6 Å². The molecule has 0 saturated carbocycles. The molecule has 2 aromatic carbocycles. The molecule has 20 heavy (non-hydrogen) atoms. The van der Waals surface area contributed by atoms with Gasteiger partial charge in [0.15, 0.2) is 0 Å². The molecule has 0 fully saturated rings. The summed E-state index contributed by atoms with van der Waals surface area (Å²) in [5.41, 5.74) is -0.756. The molecule has 6 heteroatoms. The maximum atomic E-state index is 13.9. The van der Waals surface area contributed by atoms with E-state index in [9.17, 15) is 18.7 Å². The summed E-state index contributed by atoms with van der Waals surface area (Å²) in [7, 11) is 1.27. The Hall–Kier alpha value is -2.63. The van der Waals surface area contributed by atoms with Crippen molar-refractivity contribution < 1.29 is 28.5 Å². The SMILES string of the molecule is COc1cc(F)c(-c2ccc(C(=O)O)cc2O)c(F)c1. The van der Waals surface area contributed by atoms with Crippen molar-refractivity contribution in [1.29, 1.82) is 0 Å². The number of hydrogen-bond donors (Lipinski definition) is 2. The van der Waals surface area contributed by atoms with Crippen molar-refractivity contribution in [2.75, 3.05) is 7.11 Å². The maximum absolute atomic E-state index is 13.9. The molecule has 0 bridgehead atoms. The highest BCUT2D eigenvalue weighted by atomic mass is 19.1. The number of phenolic OH excluding ortho intramolecular Hbond substituents is 1. The summed E-state index contributed by atoms with van der Waals surface area (Å²) >= 11 is 0. The van der Waals surface area contributed by atoms with Gasteiger partial charge in [-0.15, -0.1) is 0 Å². The minimum Gasteiger partial charge on any atom is -0.507 e. The van der Waals surface area contributed by atoms with Gasteiger partial charge in [0, 0.05) is 17.7 Å². The summed E-state index contributed by atoms with van der Waals surface area (Å²) < 4.78 is 32.5. The lowest BCUT2D eigenvalue weighted by molar-refractivity contribution is 0.0696. The third kappa shape index (κ3) is 2.40. The highest BCUT2D eigenvalue weighted by Crippen LogP contribution is 2.35. The quantitative estimate of drug-likeness (QED) is 0.906. The minimum atomic E-state index is -1.25. The molecular weight excluding hydrogens is 270 g/mol. The van der Waals surface area contributed by atoms with Gasteiger partial charge in [0.25, 0.3) is 0 Å². The second-order valence-electron chi connectivity index (χ2n) is 4.00. The molecule has 0 unspecified atom stereocenters. The fourth-order valence-electron chi connectivity index (χ4n) is 1.80. The van der Waals surface area contributed by atoms with E-state index >= 15 is 0 Å². The second kappa shape index (κ2) is 5.16. The molecule has 4 nitrogen and oxygen atoms in total. The molecule has 0 spiro atoms. The Labute approximate surface area is 112 Å². The Morgan fingerprint density at radius 3 is 2.20 bits per heavy atom. The van der Waals surface area contributed by atoms with Crippen LogP contribution >= 0.6 is 0 Å². The number of benzene rings is 2. The summed E-state index contributed by atoms with van der Waals surface area (Å²) in [6.07, 6.45) is 0. The van der Waals surface area contributed by atoms with Crippen LogP contribution in [0.3, 0.4) is 0 Å². The van der Waals surface area contributed by atoms with Crippen molar-refractivity contribution in [2.45, 2.75) is 0 Å². The Bertz CT molecular complexity index is 660. The van der Waals surface area contributed by atoms with E-state index in [2.05, 4.69) is 0 Å². The van der Waals surface area contributed by atoms with E-state index < -0.39 is 28.9 Å². The number of phenols is 1. The zero-order valence-corrected chi connectivity index (χ0v) is 10.4. The summed E-state index contributed by atoms with van der Waals surface area (Å²) in [6, 6.07) is 5.18. The van der Waals surface area contributed by atoms with Crippen LogP contribution in [0.5, 0.6) is 11.5 Å². The Morgan fingerprint density at radius 2 is 1.75 bits per heavy atom. The van der Waals surface area contributed by atoms with Crippen molar-refractivity contribution in [3.8, 4) is 22.6 Å². The highest BCUT2D eigenvalue weighted by Gasteiger charge is 2.18. The molecular formula is C14H10F2O4. The molecule has 0 aliphatic carbocycles. The van der Waals surface area contributed by atoms with Gasteiger partial charge in [0.05, 0.1) is 18.2 Å². The molecule has 0 amide bonds. The predicted octanol–water partition coefficient (Wildman–Crippen LogP) is 3.04. The van der Waals surface area contributed by atoms with Crippen molar-refractivity contribution in [3.63, 3.8) is 0 Å². The molecule has 0 heterocycles. The lowest BCUT2D eigenvalue weighted by atomic mass is 10.0. The number of aromatic hydroxyl groups is 1. The first-order valence-electron chi connectivity index (χ1n) is 5.53. The van der Waals surface area contributed by atoms with Crippen LogP contribution in [-0.4, -0.2) is 23.3 Å². The highest BCUT2D eigenvalue weighted by molar-refractivity contribution is 5.89. The average molecular weight is 280 g/mol. The van der Waals surface area contributed by atoms with E-state index in [0.717, 1.165) is 30.3 Å². The van der Waals surface area contributed by atoms with Crippen molar-refractivity contribution >= 4 is 5.97 Å². The first kappa shape index (κ1) is 13.8. The van der Waals surface area contributed by atoms with Gasteiger partial charge >= 0.3 is 5.97 Å². The number of halogens is 2. The van der Waals surface area contributed by atoms with E-state index in [1.54, 1.807) is 0 Å². The predicted molar refractivity (Wildman–Crippen MR) is 67.0 cm³/mol. The summed E-state index contributed by atoms with van der Waals surface area (Å²) in [5, 5.41) is 18.5. The monoisotopic (exact) mass is 280 g/mol. The van der Waals surface area contributed by atoms with E-state index in [-0.39, 0.29) is 16.9 Å². The standard InChI is InChI=1S/C14H10F2O4/c1-20-8-5-10(15)13(11(16)6-8)9-3-2-7(14(18)19)4-12(9)17/h2-6,17H,1H3,(H,18,19). The number of carbonyl (C=O) groups is 1. The average Bonchev–Trinajstić information content (AvgIpc) is 2.39. The zero-order valence-electron chi connectivity index (χ0n) is 10.4. The lowest BCUT2D eigenvalue weighted by Crippen LogP contribution is -1.97. The molecule has 0 aliphatic rings. The van der Waals surface area contributed by atoms with Crippen LogP contribution in [0.25, 0.3) is 11.1 Å². The fraction of sp³-hybridized carbons (Fsp3) is 0.0714. The molecule has 2 rings (SSSR count). The van der Waals surface area contributed by atoms with Gasteiger partial charge in [-0.1, -0.05) is 0 Å². The number of rotatable bonds is 3. The fourth-order valence-corrected chi connectivity index (χ4v) is 1.80. The summed E-state index contributed by atoms with van der Waals surface area (Å²) in [6.45, 7) is 0. The topological polar surface area (TPSA) is 66.8 Å². The number of methoxy groups -OCH3 is 1. The molecule has 104 valence electrons. The molecule has 0 atom stereocenters. The van der Waals surface area contributed by atoms with E-state index in [1.165, 1.54) is 7.11 Å². The van der Waals surface area contributed by atoms with Crippen molar-refractivity contribution in [2.24, 2.45) is 0 Å². The molecule has 2 N–H and O–H groups in total. The van der Waals surface area contributed by atoms with Gasteiger partial charge in [-0.25, -0.2) is 13.6 Å². The number of ether oxygens (including phenoxy) is 1. The first-order chi connectivity index (χ1) is 9.43. The van der Waals surface area contributed by atoms with Gasteiger partial charge in [-0.2, -0.15) is 0 Å². The van der Waals surface area contributed by atoms with E-state index in [4.69, 9.17) is 9.84 Å². The third-order valence-corrected chi connectivity index (χ3v) is 2.77. The van der Waals surface area contributed by atoms with Crippen LogP contribution in [0.4, 0.5) is 8.78 Å². The van der Waals surface area contributed by atoms with E-state index in [1.807, 2.05) is 0 Å². The molecule has 0 saturated heterocycles. The van der Waals surface area contributed by atoms with Crippen LogP contribution in [-0.2, 0) is 0 Å². The summed E-state index contributed by atoms with van der Waals surface area (Å²) in [5.74, 6) is -3.60. The molecule has 0 radical (unpaired) electrons. The Kier molecular flexibility index (Phi) is 3.56. The third-order valence-electron chi connectivity index (χ3n) is 2.77. The number of hydrogen-bond acceptors (Lipinski definition) is 3. The minimum absolute atomic E-state index is 0.00500. The van der Waals surface area contributed by atoms with Crippen molar-refractivity contribution in [1.82, 2.24) is 0 Å². The van der Waals surface area contributed by atoms with Gasteiger partial charge < -0.3 is 14.9 Å². The van der Waals surface area contributed by atoms with Crippen LogP contribution in [0.2, 0.25) is 0 Å². The molecule has 0 aromatic heterocycles. The molecule has 0 aliphatic heterocycles. The summed E-state index contributed by atoms with van der Waals surface area (Å²) in [4.78, 5) is 10.7. The number of carboxylic acids is 1. The zero-order chi connectivity index (χ0) is 14.9. The van der Waals surface area contributed by atoms with Crippen molar-refractivity contribution in [3.05, 3.63) is 47.5 Å². The van der Waals surface area contributed by atoms with Crippen LogP contribution < -0.4 is 4.74 Å². The Balaban J connectivity index is 2.60. The first-order valence-corrected chi connectivity index (χ1v) is 5.53. The molecule has 2 aromatic rings. The van der Waals surface area contributed by atoms with Gasteiger partial charge in [-0.05, 0) is 18.2 Å². The van der Waals surface area contributed by atoms with Crippen LogP contribution in [0.15, 0.2) is 30.3 Å². The Morgan fingerprint density at radius 1 is 1.15 bits per heavy atom. The number of carboxylic acid groups (broad SMARTS) is 1. The van der Waals surface area contributed by atoms with Gasteiger partial charge in [0.1, 0.15) is 23.1 Å². The second-order valence-corrected chi connectivity index (χ2v) is 4.00. The maximum Gasteiger partial charge on any atom is 0.335 e. The normalized spacial score (nSPS) is 10.3. The smallest absolute Gasteiger partial charge is 0.335 e. The van der Waals surface area contributed by atoms with Crippen LogP contribution in [0.1, 0.15) is 10.4 Å². The van der Waals surface area contributed by atoms with E-state index in [0.29, 0.717) is 0 Å². The largest absolute Gasteiger partial charge is 0.507 e. The van der Waals surface area contributed by atoms with Gasteiger partial charge in [-0.3, -0.25) is 0 Å². The van der Waals surface area contributed by atoms with Gasteiger partial charge in [0.2, 0.25) is 0 Å². The lowest BCUT2D eigenvalue weighted by Gasteiger charge is -2.10. The number of aromatic carboxylic acids is 1.